The first-order valence-corrected chi connectivity index (χ1v) is 9.12. The molecule has 148 valence electrons. The van der Waals surface area contributed by atoms with Gasteiger partial charge in [0.05, 0.1) is 7.11 Å². The van der Waals surface area contributed by atoms with Crippen molar-refractivity contribution in [1.29, 1.82) is 0 Å². The summed E-state index contributed by atoms with van der Waals surface area (Å²) in [5.41, 5.74) is 4.53. The number of amides is 3. The van der Waals surface area contributed by atoms with Gasteiger partial charge in [-0.15, -0.1) is 0 Å². The van der Waals surface area contributed by atoms with E-state index in [2.05, 4.69) is 10.6 Å². The Morgan fingerprint density at radius 3 is 2.44 bits per heavy atom. The third kappa shape index (κ3) is 5.12. The van der Waals surface area contributed by atoms with E-state index < -0.39 is 11.4 Å². The van der Waals surface area contributed by atoms with Crippen LogP contribution in [0.3, 0.4) is 0 Å². The molecule has 1 aromatic rings. The van der Waals surface area contributed by atoms with Crippen LogP contribution in [0.2, 0.25) is 0 Å². The highest BCUT2D eigenvalue weighted by atomic mass is 16.5. The Morgan fingerprint density at radius 2 is 1.85 bits per heavy atom. The van der Waals surface area contributed by atoms with Crippen molar-refractivity contribution in [2.45, 2.75) is 44.6 Å². The molecule has 0 unspecified atom stereocenters. The molecule has 0 radical (unpaired) electrons. The van der Waals surface area contributed by atoms with E-state index in [9.17, 15) is 14.4 Å². The average Bonchev–Trinajstić information content (AvgIpc) is 2.67. The molecule has 3 amide bonds. The molecule has 1 aliphatic carbocycles. The van der Waals surface area contributed by atoms with Crippen LogP contribution >= 0.6 is 0 Å². The lowest BCUT2D eigenvalue weighted by molar-refractivity contribution is -0.128. The SMILES string of the molecule is CCNC(=O)C1(NC(=O)c2ccc(OCC(N)=O)c(OC)c2)CCCCC1. The van der Waals surface area contributed by atoms with Crippen molar-refractivity contribution in [3.05, 3.63) is 23.8 Å². The Bertz CT molecular complexity index is 699. The maximum atomic E-state index is 12.8. The van der Waals surface area contributed by atoms with E-state index in [1.54, 1.807) is 6.07 Å². The van der Waals surface area contributed by atoms with Gasteiger partial charge in [0.2, 0.25) is 5.91 Å². The molecule has 1 aromatic carbocycles. The smallest absolute Gasteiger partial charge is 0.255 e. The van der Waals surface area contributed by atoms with Gasteiger partial charge in [-0.2, -0.15) is 0 Å². The number of hydrogen-bond acceptors (Lipinski definition) is 5. The molecule has 0 bridgehead atoms. The maximum absolute atomic E-state index is 12.8. The number of carbonyl (C=O) groups excluding carboxylic acids is 3. The van der Waals surface area contributed by atoms with E-state index in [1.807, 2.05) is 6.92 Å². The average molecular weight is 377 g/mol. The summed E-state index contributed by atoms with van der Waals surface area (Å²) in [6, 6.07) is 4.61. The van der Waals surface area contributed by atoms with Crippen molar-refractivity contribution in [3.63, 3.8) is 0 Å². The molecule has 0 atom stereocenters. The van der Waals surface area contributed by atoms with Crippen LogP contribution in [0.4, 0.5) is 0 Å². The van der Waals surface area contributed by atoms with Gasteiger partial charge in [0, 0.05) is 12.1 Å². The minimum Gasteiger partial charge on any atom is -0.493 e. The molecule has 8 nitrogen and oxygen atoms in total. The minimum atomic E-state index is -0.889. The van der Waals surface area contributed by atoms with Crippen LogP contribution in [0.25, 0.3) is 0 Å². The van der Waals surface area contributed by atoms with Crippen molar-refractivity contribution in [2.75, 3.05) is 20.3 Å². The van der Waals surface area contributed by atoms with Gasteiger partial charge < -0.3 is 25.8 Å². The quantitative estimate of drug-likeness (QED) is 0.627. The highest BCUT2D eigenvalue weighted by Crippen LogP contribution is 2.31. The summed E-state index contributed by atoms with van der Waals surface area (Å²) in [5, 5.41) is 5.76. The number of nitrogens with two attached hydrogens (primary N) is 1. The van der Waals surface area contributed by atoms with Crippen LogP contribution in [-0.4, -0.2) is 43.5 Å². The Labute approximate surface area is 158 Å². The fourth-order valence-corrected chi connectivity index (χ4v) is 3.26. The van der Waals surface area contributed by atoms with Crippen molar-refractivity contribution in [3.8, 4) is 11.5 Å². The predicted octanol–water partition coefficient (Wildman–Crippen LogP) is 1.13. The van der Waals surface area contributed by atoms with Gasteiger partial charge in [-0.25, -0.2) is 0 Å². The monoisotopic (exact) mass is 377 g/mol. The largest absolute Gasteiger partial charge is 0.493 e. The number of likely N-dealkylation sites (N-methyl/N-ethyl adjacent to an activating group) is 1. The molecule has 2 rings (SSSR count). The molecule has 0 saturated heterocycles. The molecule has 1 fully saturated rings. The highest BCUT2D eigenvalue weighted by molar-refractivity contribution is 5.99. The standard InChI is InChI=1S/C19H27N3O5/c1-3-21-18(25)19(9-5-4-6-10-19)22-17(24)13-7-8-14(15(11-13)26-2)27-12-16(20)23/h7-8,11H,3-6,9-10,12H2,1-2H3,(H2,20,23)(H,21,25)(H,22,24). The second kappa shape index (κ2) is 9.25. The number of methoxy groups -OCH3 is 1. The second-order valence-electron chi connectivity index (χ2n) is 6.58. The molecular weight excluding hydrogens is 350 g/mol. The highest BCUT2D eigenvalue weighted by Gasteiger charge is 2.40. The van der Waals surface area contributed by atoms with Crippen LogP contribution < -0.4 is 25.8 Å². The Kier molecular flexibility index (Phi) is 7.04. The van der Waals surface area contributed by atoms with E-state index in [0.29, 0.717) is 36.4 Å². The molecule has 0 aromatic heterocycles. The fraction of sp³-hybridized carbons (Fsp3) is 0.526. The number of rotatable bonds is 8. The number of hydrogen-bond donors (Lipinski definition) is 3. The zero-order valence-corrected chi connectivity index (χ0v) is 15.8. The zero-order valence-electron chi connectivity index (χ0n) is 15.8. The summed E-state index contributed by atoms with van der Waals surface area (Å²) < 4.78 is 10.5. The number of primary amides is 1. The minimum absolute atomic E-state index is 0.147. The summed E-state index contributed by atoms with van der Waals surface area (Å²) in [5.74, 6) is -0.502. The van der Waals surface area contributed by atoms with E-state index in [4.69, 9.17) is 15.2 Å². The molecular formula is C19H27N3O5. The summed E-state index contributed by atoms with van der Waals surface area (Å²) in [6.45, 7) is 2.07. The Hall–Kier alpha value is -2.77. The van der Waals surface area contributed by atoms with E-state index >= 15 is 0 Å². The van der Waals surface area contributed by atoms with Gasteiger partial charge >= 0.3 is 0 Å². The summed E-state index contributed by atoms with van der Waals surface area (Å²) in [4.78, 5) is 36.3. The van der Waals surface area contributed by atoms with E-state index in [-0.39, 0.29) is 18.4 Å². The summed E-state index contributed by atoms with van der Waals surface area (Å²) in [7, 11) is 1.44. The topological polar surface area (TPSA) is 120 Å². The van der Waals surface area contributed by atoms with Crippen LogP contribution in [0.15, 0.2) is 18.2 Å². The van der Waals surface area contributed by atoms with Crippen LogP contribution in [-0.2, 0) is 9.59 Å². The summed E-state index contributed by atoms with van der Waals surface area (Å²) in [6.07, 6.45) is 4.06. The third-order valence-corrected chi connectivity index (χ3v) is 4.63. The molecule has 8 heteroatoms. The number of nitrogens with one attached hydrogen (secondary N) is 2. The first-order chi connectivity index (χ1) is 12.9. The van der Waals surface area contributed by atoms with E-state index in [0.717, 1.165) is 19.3 Å². The molecule has 0 heterocycles. The van der Waals surface area contributed by atoms with Crippen molar-refractivity contribution in [1.82, 2.24) is 10.6 Å². The molecule has 27 heavy (non-hydrogen) atoms. The molecule has 0 spiro atoms. The van der Waals surface area contributed by atoms with Gasteiger partial charge in [-0.1, -0.05) is 19.3 Å². The van der Waals surface area contributed by atoms with Gasteiger partial charge in [-0.3, -0.25) is 14.4 Å². The van der Waals surface area contributed by atoms with Crippen molar-refractivity contribution in [2.24, 2.45) is 5.73 Å². The van der Waals surface area contributed by atoms with E-state index in [1.165, 1.54) is 19.2 Å². The first-order valence-electron chi connectivity index (χ1n) is 9.12. The normalized spacial score (nSPS) is 15.5. The molecule has 0 aliphatic heterocycles. The van der Waals surface area contributed by atoms with Crippen molar-refractivity contribution >= 4 is 17.7 Å². The number of benzene rings is 1. The van der Waals surface area contributed by atoms with Gasteiger partial charge in [-0.05, 0) is 38.0 Å². The molecule has 4 N–H and O–H groups in total. The molecule has 1 saturated carbocycles. The van der Waals surface area contributed by atoms with Gasteiger partial charge in [0.15, 0.2) is 18.1 Å². The van der Waals surface area contributed by atoms with Gasteiger partial charge in [0.1, 0.15) is 5.54 Å². The fourth-order valence-electron chi connectivity index (χ4n) is 3.26. The number of carbonyl (C=O) groups is 3. The van der Waals surface area contributed by atoms with Crippen LogP contribution in [0, 0.1) is 0 Å². The van der Waals surface area contributed by atoms with Crippen LogP contribution in [0.5, 0.6) is 11.5 Å². The maximum Gasteiger partial charge on any atom is 0.255 e. The lowest BCUT2D eigenvalue weighted by Gasteiger charge is -2.36. The first kappa shape index (κ1) is 20.5. The third-order valence-electron chi connectivity index (χ3n) is 4.63. The molecule has 1 aliphatic rings. The Morgan fingerprint density at radius 1 is 1.15 bits per heavy atom. The van der Waals surface area contributed by atoms with Crippen molar-refractivity contribution < 1.29 is 23.9 Å². The summed E-state index contributed by atoms with van der Waals surface area (Å²) >= 11 is 0. The Balaban J connectivity index is 2.19. The lowest BCUT2D eigenvalue weighted by atomic mass is 9.80. The predicted molar refractivity (Wildman–Crippen MR) is 99.6 cm³/mol. The lowest BCUT2D eigenvalue weighted by Crippen LogP contribution is -2.59. The van der Waals surface area contributed by atoms with Gasteiger partial charge in [0.25, 0.3) is 11.8 Å². The van der Waals surface area contributed by atoms with Crippen LogP contribution in [0.1, 0.15) is 49.4 Å². The zero-order chi connectivity index (χ0) is 19.9. The number of ether oxygens (including phenoxy) is 2. The second-order valence-corrected chi connectivity index (χ2v) is 6.58.